The molecule has 0 saturated carbocycles. The fourth-order valence-corrected chi connectivity index (χ4v) is 5.09. The lowest BCUT2D eigenvalue weighted by molar-refractivity contribution is -0.140. The van der Waals surface area contributed by atoms with Gasteiger partial charge >= 0.3 is 0 Å². The number of rotatable bonds is 11. The first-order chi connectivity index (χ1) is 17.6. The quantitative estimate of drug-likeness (QED) is 0.323. The highest BCUT2D eigenvalue weighted by atomic mass is 127. The highest BCUT2D eigenvalue weighted by Crippen LogP contribution is 2.22. The fourth-order valence-electron chi connectivity index (χ4n) is 3.88. The first-order valence-electron chi connectivity index (χ1n) is 11.7. The minimum absolute atomic E-state index is 0.176. The summed E-state index contributed by atoms with van der Waals surface area (Å²) in [5.74, 6) is -1.55. The number of carbonyl (C=O) groups excluding carboxylic acids is 2. The first-order valence-corrected chi connectivity index (χ1v) is 14.6. The van der Waals surface area contributed by atoms with E-state index in [1.165, 1.54) is 11.0 Å². The molecule has 1 N–H and O–H groups in total. The molecule has 3 aromatic carbocycles. The summed E-state index contributed by atoms with van der Waals surface area (Å²) in [5, 5.41) is 2.76. The summed E-state index contributed by atoms with van der Waals surface area (Å²) in [6, 6.07) is 20.9. The van der Waals surface area contributed by atoms with Crippen LogP contribution in [0, 0.1) is 9.39 Å². The molecule has 1 unspecified atom stereocenters. The maximum absolute atomic E-state index is 14.7. The number of sulfonamides is 1. The smallest absolute Gasteiger partial charge is 0.244 e. The van der Waals surface area contributed by atoms with Crippen molar-refractivity contribution < 1.29 is 22.4 Å². The van der Waals surface area contributed by atoms with Gasteiger partial charge in [0.15, 0.2) is 0 Å². The Bertz CT molecular complexity index is 1320. The second-order valence-corrected chi connectivity index (χ2v) is 11.6. The molecular formula is C27H29FIN3O4S. The van der Waals surface area contributed by atoms with Gasteiger partial charge in [-0.2, -0.15) is 0 Å². The summed E-state index contributed by atoms with van der Waals surface area (Å²) in [5.41, 5.74) is 1.35. The van der Waals surface area contributed by atoms with Crippen LogP contribution in [0.4, 0.5) is 10.1 Å². The molecule has 0 spiro atoms. The van der Waals surface area contributed by atoms with Crippen molar-refractivity contribution in [3.05, 3.63) is 99.4 Å². The summed E-state index contributed by atoms with van der Waals surface area (Å²) in [4.78, 5) is 28.3. The number of carbonyl (C=O) groups is 2. The van der Waals surface area contributed by atoms with Gasteiger partial charge in [-0.05, 0) is 65.4 Å². The number of anilines is 1. The van der Waals surface area contributed by atoms with Crippen LogP contribution < -0.4 is 9.62 Å². The molecule has 196 valence electrons. The van der Waals surface area contributed by atoms with Gasteiger partial charge in [-0.3, -0.25) is 13.9 Å². The van der Waals surface area contributed by atoms with E-state index in [2.05, 4.69) is 27.9 Å². The summed E-state index contributed by atoms with van der Waals surface area (Å²) < 4.78 is 42.0. The third kappa shape index (κ3) is 8.00. The second-order valence-electron chi connectivity index (χ2n) is 8.46. The average Bonchev–Trinajstić information content (AvgIpc) is 2.86. The molecule has 1 atom stereocenters. The topological polar surface area (TPSA) is 86.8 Å². The van der Waals surface area contributed by atoms with E-state index in [4.69, 9.17) is 0 Å². The largest absolute Gasteiger partial charge is 0.355 e. The van der Waals surface area contributed by atoms with Crippen LogP contribution in [0.2, 0.25) is 0 Å². The van der Waals surface area contributed by atoms with Crippen molar-refractivity contribution in [1.29, 1.82) is 0 Å². The summed E-state index contributed by atoms with van der Waals surface area (Å²) in [7, 11) is -3.85. The van der Waals surface area contributed by atoms with Crippen molar-refractivity contribution >= 4 is 50.1 Å². The Morgan fingerprint density at radius 3 is 2.19 bits per heavy atom. The highest BCUT2D eigenvalue weighted by Gasteiger charge is 2.33. The number of nitrogens with one attached hydrogen (secondary N) is 1. The van der Waals surface area contributed by atoms with E-state index < -0.39 is 40.2 Å². The van der Waals surface area contributed by atoms with Gasteiger partial charge in [-0.15, -0.1) is 0 Å². The van der Waals surface area contributed by atoms with Crippen LogP contribution >= 0.6 is 22.6 Å². The van der Waals surface area contributed by atoms with Crippen LogP contribution in [0.5, 0.6) is 0 Å². The number of halogens is 2. The lowest BCUT2D eigenvalue weighted by Crippen LogP contribution is -2.53. The predicted molar refractivity (Wildman–Crippen MR) is 151 cm³/mol. The molecule has 37 heavy (non-hydrogen) atoms. The molecule has 0 heterocycles. The Hall–Kier alpha value is -2.99. The minimum atomic E-state index is -3.85. The molecule has 0 aliphatic rings. The normalized spacial score (nSPS) is 12.0. The van der Waals surface area contributed by atoms with E-state index in [0.29, 0.717) is 12.2 Å². The van der Waals surface area contributed by atoms with Gasteiger partial charge in [-0.25, -0.2) is 12.8 Å². The van der Waals surface area contributed by atoms with Gasteiger partial charge in [0.05, 0.1) is 11.9 Å². The third-order valence-electron chi connectivity index (χ3n) is 5.71. The molecule has 0 aliphatic heterocycles. The van der Waals surface area contributed by atoms with Crippen LogP contribution in [0.25, 0.3) is 0 Å². The van der Waals surface area contributed by atoms with Crippen molar-refractivity contribution in [2.24, 2.45) is 0 Å². The number of hydrogen-bond donors (Lipinski definition) is 1. The van der Waals surface area contributed by atoms with Gasteiger partial charge < -0.3 is 10.2 Å². The van der Waals surface area contributed by atoms with E-state index in [1.54, 1.807) is 49.4 Å². The predicted octanol–water partition coefficient (Wildman–Crippen LogP) is 3.97. The van der Waals surface area contributed by atoms with Crippen molar-refractivity contribution in [2.45, 2.75) is 25.9 Å². The zero-order valence-electron chi connectivity index (χ0n) is 20.6. The SMILES string of the molecule is CCNC(=O)C(Cc1ccccc1)N(Cc1ccccc1F)C(=O)CN(c1ccc(I)cc1)S(C)(=O)=O. The fraction of sp³-hybridized carbons (Fsp3) is 0.259. The van der Waals surface area contributed by atoms with Gasteiger partial charge in [0.25, 0.3) is 0 Å². The molecule has 0 bridgehead atoms. The molecule has 7 nitrogen and oxygen atoms in total. The minimum Gasteiger partial charge on any atom is -0.355 e. The molecule has 0 radical (unpaired) electrons. The Balaban J connectivity index is 2.04. The van der Waals surface area contributed by atoms with Gasteiger partial charge in [0.2, 0.25) is 21.8 Å². The number of likely N-dealkylation sites (N-methyl/N-ethyl adjacent to an activating group) is 1. The zero-order chi connectivity index (χ0) is 27.0. The molecule has 3 aromatic rings. The van der Waals surface area contributed by atoms with E-state index in [1.807, 2.05) is 30.3 Å². The molecule has 0 saturated heterocycles. The van der Waals surface area contributed by atoms with Crippen LogP contribution in [0.1, 0.15) is 18.1 Å². The van der Waals surface area contributed by atoms with E-state index in [-0.39, 0.29) is 18.5 Å². The van der Waals surface area contributed by atoms with Crippen molar-refractivity contribution in [3.63, 3.8) is 0 Å². The van der Waals surface area contributed by atoms with E-state index >= 15 is 0 Å². The van der Waals surface area contributed by atoms with Crippen molar-refractivity contribution in [2.75, 3.05) is 23.7 Å². The summed E-state index contributed by atoms with van der Waals surface area (Å²) in [6.07, 6.45) is 1.19. The molecular weight excluding hydrogens is 608 g/mol. The van der Waals surface area contributed by atoms with Crippen LogP contribution in [0.15, 0.2) is 78.9 Å². The van der Waals surface area contributed by atoms with Gasteiger partial charge in [0, 0.05) is 28.6 Å². The monoisotopic (exact) mass is 637 g/mol. The number of nitrogens with zero attached hydrogens (tertiary/aromatic N) is 2. The lowest BCUT2D eigenvalue weighted by atomic mass is 10.0. The molecule has 2 amide bonds. The molecule has 0 fully saturated rings. The standard InChI is InChI=1S/C27H29FIN3O4S/c1-3-30-27(34)25(17-20-9-5-4-6-10-20)31(18-21-11-7-8-12-24(21)28)26(33)19-32(37(2,35)36)23-15-13-22(29)14-16-23/h4-16,25H,3,17-19H2,1-2H3,(H,30,34). The third-order valence-corrected chi connectivity index (χ3v) is 7.57. The zero-order valence-corrected chi connectivity index (χ0v) is 23.6. The Morgan fingerprint density at radius 1 is 0.973 bits per heavy atom. The van der Waals surface area contributed by atoms with E-state index in [0.717, 1.165) is 19.7 Å². The van der Waals surface area contributed by atoms with Crippen LogP contribution in [0.3, 0.4) is 0 Å². The maximum Gasteiger partial charge on any atom is 0.244 e. The number of benzene rings is 3. The van der Waals surface area contributed by atoms with Crippen LogP contribution in [-0.2, 0) is 32.6 Å². The molecule has 0 aliphatic carbocycles. The maximum atomic E-state index is 14.7. The number of hydrogen-bond acceptors (Lipinski definition) is 4. The highest BCUT2D eigenvalue weighted by molar-refractivity contribution is 14.1. The van der Waals surface area contributed by atoms with Gasteiger partial charge in [0.1, 0.15) is 18.4 Å². The number of amides is 2. The molecule has 3 rings (SSSR count). The lowest BCUT2D eigenvalue weighted by Gasteiger charge is -2.33. The van der Waals surface area contributed by atoms with Crippen molar-refractivity contribution in [1.82, 2.24) is 10.2 Å². The second kappa shape index (κ2) is 13.0. The first kappa shape index (κ1) is 28.6. The van der Waals surface area contributed by atoms with E-state index in [9.17, 15) is 22.4 Å². The molecule has 10 heteroatoms. The average molecular weight is 638 g/mol. The summed E-state index contributed by atoms with van der Waals surface area (Å²) >= 11 is 2.10. The summed E-state index contributed by atoms with van der Waals surface area (Å²) in [6.45, 7) is 1.36. The van der Waals surface area contributed by atoms with Crippen LogP contribution in [-0.4, -0.2) is 50.5 Å². The Morgan fingerprint density at radius 2 is 1.59 bits per heavy atom. The molecule has 0 aromatic heterocycles. The Labute approximate surface area is 230 Å². The Kier molecular flexibility index (Phi) is 10.0. The van der Waals surface area contributed by atoms with Gasteiger partial charge in [-0.1, -0.05) is 48.5 Å². The van der Waals surface area contributed by atoms with Crippen molar-refractivity contribution in [3.8, 4) is 0 Å².